The van der Waals surface area contributed by atoms with Gasteiger partial charge in [-0.2, -0.15) is 0 Å². The Morgan fingerprint density at radius 2 is 1.62 bits per heavy atom. The van der Waals surface area contributed by atoms with Crippen molar-refractivity contribution >= 4 is 38.5 Å². The molecule has 0 aliphatic heterocycles. The summed E-state index contributed by atoms with van der Waals surface area (Å²) in [6, 6.07) is 11.1. The molecule has 1 aromatic rings. The maximum absolute atomic E-state index is 12.3. The first kappa shape index (κ1) is 29.7. The van der Waals surface area contributed by atoms with Crippen LogP contribution in [0.3, 0.4) is 0 Å². The molecule has 0 heterocycles. The second-order valence-corrected chi connectivity index (χ2v) is 22.6. The molecular formula is C27H50O2SSi2. The molecule has 0 bridgehead atoms. The fourth-order valence-electron chi connectivity index (χ4n) is 4.32. The van der Waals surface area contributed by atoms with Crippen molar-refractivity contribution in [3.63, 3.8) is 0 Å². The van der Waals surface area contributed by atoms with E-state index in [1.807, 2.05) is 0 Å². The van der Waals surface area contributed by atoms with Gasteiger partial charge in [-0.1, -0.05) is 108 Å². The summed E-state index contributed by atoms with van der Waals surface area (Å²) < 4.78 is 7.00. The molecule has 2 nitrogen and oxygen atoms in total. The fraction of sp³-hybridized carbons (Fsp3) is 0.741. The van der Waals surface area contributed by atoms with Crippen molar-refractivity contribution in [3.05, 3.63) is 30.3 Å². The van der Waals surface area contributed by atoms with Gasteiger partial charge in [-0.05, 0) is 54.6 Å². The summed E-state index contributed by atoms with van der Waals surface area (Å²) in [4.78, 5) is 12.3. The van der Waals surface area contributed by atoms with E-state index in [2.05, 4.69) is 98.1 Å². The van der Waals surface area contributed by atoms with Crippen molar-refractivity contribution < 1.29 is 9.22 Å². The predicted octanol–water partition coefficient (Wildman–Crippen LogP) is 8.25. The molecular weight excluding hydrogens is 445 g/mol. The van der Waals surface area contributed by atoms with Crippen LogP contribution in [0.15, 0.2) is 30.3 Å². The highest BCUT2D eigenvalue weighted by Gasteiger charge is 2.41. The predicted molar refractivity (Wildman–Crippen MR) is 150 cm³/mol. The van der Waals surface area contributed by atoms with E-state index in [4.69, 9.17) is 4.43 Å². The van der Waals surface area contributed by atoms with Gasteiger partial charge < -0.3 is 4.43 Å². The Morgan fingerprint density at radius 1 is 1.03 bits per heavy atom. The van der Waals surface area contributed by atoms with Crippen molar-refractivity contribution in [2.75, 3.05) is 5.75 Å². The van der Waals surface area contributed by atoms with Gasteiger partial charge >= 0.3 is 0 Å². The minimum atomic E-state index is -1.83. The number of hydrogen-bond acceptors (Lipinski definition) is 3. The van der Waals surface area contributed by atoms with Gasteiger partial charge in [0.15, 0.2) is 13.4 Å². The van der Waals surface area contributed by atoms with E-state index in [1.165, 1.54) is 16.9 Å². The molecule has 0 aliphatic carbocycles. The first-order valence-corrected chi connectivity index (χ1v) is 19.6. The van der Waals surface area contributed by atoms with Gasteiger partial charge in [0, 0.05) is 12.5 Å². The molecule has 0 saturated heterocycles. The molecule has 0 unspecified atom stereocenters. The van der Waals surface area contributed by atoms with Gasteiger partial charge in [-0.3, -0.25) is 4.79 Å². The molecule has 0 fully saturated rings. The Balaban J connectivity index is 3.18. The minimum Gasteiger partial charge on any atom is -0.414 e. The normalized spacial score (nSPS) is 15.9. The maximum Gasteiger partial charge on any atom is 0.192 e. The second-order valence-electron chi connectivity index (χ2n) is 11.7. The number of carbonyl (C=O) groups excluding carboxylic acids is 1. The third-order valence-electron chi connectivity index (χ3n) is 7.47. The van der Waals surface area contributed by atoms with Crippen molar-refractivity contribution in [1.29, 1.82) is 0 Å². The van der Waals surface area contributed by atoms with Crippen LogP contribution in [0.1, 0.15) is 73.6 Å². The van der Waals surface area contributed by atoms with Crippen molar-refractivity contribution in [3.8, 4) is 0 Å². The molecule has 0 amide bonds. The van der Waals surface area contributed by atoms with E-state index >= 15 is 0 Å². The second kappa shape index (κ2) is 12.9. The standard InChI is InChI=1S/C27H50O2SSi2/c1-11-16-23(29-32(9,10)27(4,5)6)21-25(19-22(3)20-26(28)30-12-2)31(7,8)24-17-14-13-15-18-24/h13-15,17-18,22-23,25H,11-12,16,19-21H2,1-10H3/t22-,23-,25-/m0/s1. The summed E-state index contributed by atoms with van der Waals surface area (Å²) in [5.74, 6) is 1.29. The first-order valence-electron chi connectivity index (χ1n) is 12.6. The summed E-state index contributed by atoms with van der Waals surface area (Å²) in [6.07, 6.45) is 5.52. The monoisotopic (exact) mass is 494 g/mol. The van der Waals surface area contributed by atoms with E-state index in [-0.39, 0.29) is 5.04 Å². The topological polar surface area (TPSA) is 26.3 Å². The average molecular weight is 495 g/mol. The van der Waals surface area contributed by atoms with Gasteiger partial charge in [0.1, 0.15) is 0 Å². The average Bonchev–Trinajstić information content (AvgIpc) is 2.67. The Morgan fingerprint density at radius 3 is 2.12 bits per heavy atom. The lowest BCUT2D eigenvalue weighted by atomic mass is 9.98. The smallest absolute Gasteiger partial charge is 0.192 e. The van der Waals surface area contributed by atoms with Crippen LogP contribution in [0.25, 0.3) is 0 Å². The van der Waals surface area contributed by atoms with E-state index < -0.39 is 16.4 Å². The van der Waals surface area contributed by atoms with E-state index in [1.54, 1.807) is 0 Å². The molecule has 32 heavy (non-hydrogen) atoms. The Labute approximate surface area is 205 Å². The van der Waals surface area contributed by atoms with Crippen LogP contribution < -0.4 is 5.19 Å². The lowest BCUT2D eigenvalue weighted by molar-refractivity contribution is -0.111. The molecule has 0 aliphatic rings. The summed E-state index contributed by atoms with van der Waals surface area (Å²) in [5, 5.41) is 2.09. The molecule has 0 saturated carbocycles. The maximum atomic E-state index is 12.3. The summed E-state index contributed by atoms with van der Waals surface area (Å²) in [5.41, 5.74) is 0.598. The quantitative estimate of drug-likeness (QED) is 0.258. The zero-order valence-corrected chi connectivity index (χ0v) is 25.4. The SMILES string of the molecule is CCC[C@@H](C[C@H](C[C@H](C)CC(=O)SCC)[Si](C)(C)c1ccccc1)O[Si](C)(C)C(C)(C)C. The third kappa shape index (κ3) is 9.11. The van der Waals surface area contributed by atoms with Crippen LogP contribution in [-0.2, 0) is 9.22 Å². The fourth-order valence-corrected chi connectivity index (χ4v) is 9.81. The molecule has 5 heteroatoms. The Bertz CT molecular complexity index is 683. The van der Waals surface area contributed by atoms with Crippen LogP contribution in [-0.4, -0.2) is 33.4 Å². The number of carbonyl (C=O) groups is 1. The van der Waals surface area contributed by atoms with E-state index in [0.29, 0.717) is 29.1 Å². The van der Waals surface area contributed by atoms with Gasteiger partial charge in [-0.15, -0.1) is 0 Å². The minimum absolute atomic E-state index is 0.220. The molecule has 3 atom stereocenters. The Hall–Kier alpha value is -0.366. The first-order chi connectivity index (χ1) is 14.7. The third-order valence-corrected chi connectivity index (χ3v) is 17.1. The van der Waals surface area contributed by atoms with Crippen LogP contribution in [0.4, 0.5) is 0 Å². The largest absolute Gasteiger partial charge is 0.414 e. The zero-order valence-electron chi connectivity index (χ0n) is 22.6. The summed E-state index contributed by atoms with van der Waals surface area (Å²) >= 11 is 1.48. The van der Waals surface area contributed by atoms with Crippen LogP contribution >= 0.6 is 11.8 Å². The van der Waals surface area contributed by atoms with Gasteiger partial charge in [0.25, 0.3) is 0 Å². The Kier molecular flexibility index (Phi) is 12.0. The van der Waals surface area contributed by atoms with Crippen LogP contribution in [0.2, 0.25) is 36.8 Å². The molecule has 0 spiro atoms. The molecule has 0 aromatic heterocycles. The highest BCUT2D eigenvalue weighted by atomic mass is 32.2. The van der Waals surface area contributed by atoms with Gasteiger partial charge in [0.2, 0.25) is 0 Å². The summed E-state index contributed by atoms with van der Waals surface area (Å²) in [7, 11) is -3.57. The molecule has 184 valence electrons. The highest BCUT2D eigenvalue weighted by Crippen LogP contribution is 2.41. The van der Waals surface area contributed by atoms with Crippen molar-refractivity contribution in [1.82, 2.24) is 0 Å². The number of rotatable bonds is 13. The lowest BCUT2D eigenvalue weighted by Gasteiger charge is -2.42. The number of hydrogen-bond donors (Lipinski definition) is 0. The van der Waals surface area contributed by atoms with Crippen molar-refractivity contribution in [2.45, 2.75) is 117 Å². The van der Waals surface area contributed by atoms with Crippen LogP contribution in [0, 0.1) is 5.92 Å². The highest BCUT2D eigenvalue weighted by molar-refractivity contribution is 8.13. The number of benzene rings is 1. The van der Waals surface area contributed by atoms with Gasteiger partial charge in [0.05, 0.1) is 8.07 Å². The van der Waals surface area contributed by atoms with Gasteiger partial charge in [-0.25, -0.2) is 0 Å². The van der Waals surface area contributed by atoms with E-state index in [9.17, 15) is 4.79 Å². The van der Waals surface area contributed by atoms with Crippen LogP contribution in [0.5, 0.6) is 0 Å². The molecule has 0 N–H and O–H groups in total. The lowest BCUT2D eigenvalue weighted by Crippen LogP contribution is -2.49. The van der Waals surface area contributed by atoms with E-state index in [0.717, 1.165) is 31.4 Å². The zero-order chi connectivity index (χ0) is 24.6. The summed E-state index contributed by atoms with van der Waals surface area (Å²) in [6.45, 7) is 23.4. The molecule has 1 rings (SSSR count). The molecule has 1 aromatic carbocycles. The number of thioether (sulfide) groups is 1. The van der Waals surface area contributed by atoms with Crippen molar-refractivity contribution in [2.24, 2.45) is 5.92 Å². The molecule has 0 radical (unpaired) electrons.